The van der Waals surface area contributed by atoms with E-state index in [1.54, 1.807) is 12.1 Å². The monoisotopic (exact) mass is 519 g/mol. The number of likely N-dealkylation sites (tertiary alicyclic amines) is 1. The average Bonchev–Trinajstić information content (AvgIpc) is 3.40. The van der Waals surface area contributed by atoms with Gasteiger partial charge in [-0.1, -0.05) is 18.2 Å². The molecule has 0 unspecified atom stereocenters. The largest absolute Gasteiger partial charge is 0.454 e. The van der Waals surface area contributed by atoms with Crippen LogP contribution in [0.15, 0.2) is 60.7 Å². The fourth-order valence-corrected chi connectivity index (χ4v) is 4.82. The van der Waals surface area contributed by atoms with Gasteiger partial charge in [0.1, 0.15) is 5.82 Å². The number of amides is 2. The molecule has 1 saturated heterocycles. The highest BCUT2D eigenvalue weighted by atomic mass is 19.1. The van der Waals surface area contributed by atoms with Gasteiger partial charge in [-0.05, 0) is 66.6 Å². The number of nitrogens with zero attached hydrogens (tertiary/aromatic N) is 2. The Balaban J connectivity index is 1.11. The summed E-state index contributed by atoms with van der Waals surface area (Å²) in [6, 6.07) is 15.9. The van der Waals surface area contributed by atoms with Crippen molar-refractivity contribution in [2.24, 2.45) is 0 Å². The first-order valence-corrected chi connectivity index (χ1v) is 12.4. The van der Waals surface area contributed by atoms with Crippen molar-refractivity contribution >= 4 is 23.2 Å². The first-order chi connectivity index (χ1) is 18.4. The van der Waals surface area contributed by atoms with Gasteiger partial charge in [0.2, 0.25) is 12.7 Å². The lowest BCUT2D eigenvalue weighted by Gasteiger charge is -2.32. The molecule has 0 bridgehead atoms. The number of carbonyl (C=O) groups excluding carboxylic acids is 2. The molecule has 0 aliphatic carbocycles. The van der Waals surface area contributed by atoms with E-state index in [0.29, 0.717) is 37.5 Å². The van der Waals surface area contributed by atoms with E-state index < -0.39 is 22.3 Å². The van der Waals surface area contributed by atoms with Gasteiger partial charge in [0.15, 0.2) is 11.5 Å². The van der Waals surface area contributed by atoms with E-state index in [9.17, 15) is 24.1 Å². The molecule has 5 rings (SSSR count). The quantitative estimate of drug-likeness (QED) is 0.345. The number of benzene rings is 3. The average molecular weight is 520 g/mol. The molecular formula is C28H26FN3O6. The van der Waals surface area contributed by atoms with E-state index in [1.165, 1.54) is 0 Å². The first-order valence-electron chi connectivity index (χ1n) is 12.4. The Labute approximate surface area is 218 Å². The van der Waals surface area contributed by atoms with E-state index >= 15 is 0 Å². The van der Waals surface area contributed by atoms with Crippen molar-refractivity contribution in [2.45, 2.75) is 31.6 Å². The molecule has 196 valence electrons. The third-order valence-electron chi connectivity index (χ3n) is 6.91. The van der Waals surface area contributed by atoms with E-state index in [0.717, 1.165) is 53.7 Å². The number of halogens is 1. The summed E-state index contributed by atoms with van der Waals surface area (Å²) >= 11 is 0. The van der Waals surface area contributed by atoms with Crippen molar-refractivity contribution < 1.29 is 28.4 Å². The van der Waals surface area contributed by atoms with Crippen LogP contribution >= 0.6 is 0 Å². The standard InChI is InChI=1S/C28H26FN3O6/c29-22-14-21(15-24(16-22)32(35)36)28(34)30-23-5-3-19(4-6-23)20-9-11-31(12-10-20)27(33)8-2-18-1-7-25-26(13-18)38-17-37-25/h1,3-7,13-16,20H,2,8-12,17H2,(H,30,34). The van der Waals surface area contributed by atoms with Gasteiger partial charge in [-0.3, -0.25) is 19.7 Å². The summed E-state index contributed by atoms with van der Waals surface area (Å²) in [5.41, 5.74) is 2.04. The summed E-state index contributed by atoms with van der Waals surface area (Å²) in [4.78, 5) is 37.3. The molecule has 0 aromatic heterocycles. The molecule has 9 nitrogen and oxygen atoms in total. The number of fused-ring (bicyclic) bond motifs is 1. The number of anilines is 1. The molecule has 0 radical (unpaired) electrons. The first kappa shape index (κ1) is 25.2. The lowest BCUT2D eigenvalue weighted by Crippen LogP contribution is -2.38. The van der Waals surface area contributed by atoms with Crippen LogP contribution in [0.3, 0.4) is 0 Å². The van der Waals surface area contributed by atoms with Gasteiger partial charge in [-0.15, -0.1) is 0 Å². The molecule has 2 heterocycles. The second-order valence-corrected chi connectivity index (χ2v) is 9.37. The lowest BCUT2D eigenvalue weighted by atomic mass is 9.89. The number of hydrogen-bond donors (Lipinski definition) is 1. The fourth-order valence-electron chi connectivity index (χ4n) is 4.82. The smallest absolute Gasteiger partial charge is 0.273 e. The number of nitro benzene ring substituents is 1. The third-order valence-corrected chi connectivity index (χ3v) is 6.91. The van der Waals surface area contributed by atoms with E-state index in [-0.39, 0.29) is 18.3 Å². The fraction of sp³-hybridized carbons (Fsp3) is 0.286. The van der Waals surface area contributed by atoms with Crippen LogP contribution in [0.1, 0.15) is 46.7 Å². The number of hydrogen-bond acceptors (Lipinski definition) is 6. The van der Waals surface area contributed by atoms with Crippen molar-refractivity contribution in [2.75, 3.05) is 25.2 Å². The number of nitro groups is 1. The van der Waals surface area contributed by atoms with E-state index in [1.807, 2.05) is 35.2 Å². The Hall–Kier alpha value is -4.47. The molecule has 2 amide bonds. The molecular weight excluding hydrogens is 493 g/mol. The van der Waals surface area contributed by atoms with Gasteiger partial charge >= 0.3 is 0 Å². The second-order valence-electron chi connectivity index (χ2n) is 9.37. The van der Waals surface area contributed by atoms with E-state index in [2.05, 4.69) is 5.32 Å². The Bertz CT molecular complexity index is 1370. The Morgan fingerprint density at radius 1 is 1.00 bits per heavy atom. The zero-order chi connectivity index (χ0) is 26.6. The zero-order valence-corrected chi connectivity index (χ0v) is 20.5. The number of nitrogens with one attached hydrogen (secondary N) is 1. The molecule has 2 aliphatic rings. The highest BCUT2D eigenvalue weighted by molar-refractivity contribution is 6.04. The van der Waals surface area contributed by atoms with Gasteiger partial charge in [0, 0.05) is 36.8 Å². The summed E-state index contributed by atoms with van der Waals surface area (Å²) < 4.78 is 24.4. The SMILES string of the molecule is O=C(Nc1ccc(C2CCN(C(=O)CCc3ccc4c(c3)OCO4)CC2)cc1)c1cc(F)cc([N+](=O)[O-])c1. The molecule has 0 saturated carbocycles. The van der Waals surface area contributed by atoms with Gasteiger partial charge in [0.25, 0.3) is 11.6 Å². The molecule has 3 aromatic rings. The molecule has 1 fully saturated rings. The predicted octanol–water partition coefficient (Wildman–Crippen LogP) is 5.05. The minimum atomic E-state index is -0.850. The van der Waals surface area contributed by atoms with Crippen LogP contribution in [0, 0.1) is 15.9 Å². The zero-order valence-electron chi connectivity index (χ0n) is 20.5. The summed E-state index contributed by atoms with van der Waals surface area (Å²) in [6.07, 6.45) is 2.77. The summed E-state index contributed by atoms with van der Waals surface area (Å²) in [5, 5.41) is 13.6. The minimum Gasteiger partial charge on any atom is -0.454 e. The highest BCUT2D eigenvalue weighted by Gasteiger charge is 2.24. The summed E-state index contributed by atoms with van der Waals surface area (Å²) in [7, 11) is 0. The Kier molecular flexibility index (Phi) is 7.21. The van der Waals surface area contributed by atoms with Crippen LogP contribution in [0.2, 0.25) is 0 Å². The minimum absolute atomic E-state index is 0.128. The van der Waals surface area contributed by atoms with Crippen LogP contribution < -0.4 is 14.8 Å². The number of carbonyl (C=O) groups is 2. The van der Waals surface area contributed by atoms with Crippen molar-refractivity contribution in [3.63, 3.8) is 0 Å². The maximum atomic E-state index is 13.7. The maximum Gasteiger partial charge on any atom is 0.273 e. The Morgan fingerprint density at radius 3 is 2.47 bits per heavy atom. The summed E-state index contributed by atoms with van der Waals surface area (Å²) in [6.45, 7) is 1.59. The lowest BCUT2D eigenvalue weighted by molar-refractivity contribution is -0.385. The van der Waals surface area contributed by atoms with Crippen molar-refractivity contribution in [1.29, 1.82) is 0 Å². The predicted molar refractivity (Wildman–Crippen MR) is 137 cm³/mol. The number of non-ortho nitro benzene ring substituents is 1. The van der Waals surface area contributed by atoms with Crippen molar-refractivity contribution in [3.05, 3.63) is 93.3 Å². The number of piperidine rings is 1. The topological polar surface area (TPSA) is 111 Å². The van der Waals surface area contributed by atoms with Crippen molar-refractivity contribution in [3.8, 4) is 11.5 Å². The van der Waals surface area contributed by atoms with Gasteiger partial charge in [-0.2, -0.15) is 0 Å². The Morgan fingerprint density at radius 2 is 1.74 bits per heavy atom. The van der Waals surface area contributed by atoms with Gasteiger partial charge in [0.05, 0.1) is 11.0 Å². The van der Waals surface area contributed by atoms with Gasteiger partial charge in [-0.25, -0.2) is 4.39 Å². The van der Waals surface area contributed by atoms with E-state index in [4.69, 9.17) is 9.47 Å². The number of aryl methyl sites for hydroxylation is 1. The molecule has 0 atom stereocenters. The van der Waals surface area contributed by atoms with Crippen LogP contribution in [-0.2, 0) is 11.2 Å². The molecule has 3 aromatic carbocycles. The second kappa shape index (κ2) is 10.9. The summed E-state index contributed by atoms with van der Waals surface area (Å²) in [5.74, 6) is 0.403. The number of rotatable bonds is 7. The molecule has 10 heteroatoms. The molecule has 38 heavy (non-hydrogen) atoms. The molecule has 1 N–H and O–H groups in total. The maximum absolute atomic E-state index is 13.7. The molecule has 2 aliphatic heterocycles. The van der Waals surface area contributed by atoms with Crippen molar-refractivity contribution in [1.82, 2.24) is 4.90 Å². The molecule has 0 spiro atoms. The normalized spacial score (nSPS) is 14.8. The third kappa shape index (κ3) is 5.74. The van der Waals surface area contributed by atoms with Crippen LogP contribution in [0.5, 0.6) is 11.5 Å². The van der Waals surface area contributed by atoms with Crippen LogP contribution in [-0.4, -0.2) is 41.5 Å². The van der Waals surface area contributed by atoms with Crippen LogP contribution in [0.4, 0.5) is 15.8 Å². The number of ether oxygens (including phenoxy) is 2. The highest BCUT2D eigenvalue weighted by Crippen LogP contribution is 2.33. The van der Waals surface area contributed by atoms with Gasteiger partial charge < -0.3 is 19.7 Å². The van der Waals surface area contributed by atoms with Crippen LogP contribution in [0.25, 0.3) is 0 Å².